The van der Waals surface area contributed by atoms with Crippen LogP contribution < -0.4 is 5.32 Å². The topological polar surface area (TPSA) is 24.9 Å². The van der Waals surface area contributed by atoms with Gasteiger partial charge in [-0.05, 0) is 50.5 Å². The maximum absolute atomic E-state index is 4.64. The first-order valence-electron chi connectivity index (χ1n) is 7.40. The number of hydrogen-bond acceptors (Lipinski definition) is 3. The quantitative estimate of drug-likeness (QED) is 0.881. The van der Waals surface area contributed by atoms with Crippen molar-refractivity contribution >= 4 is 11.3 Å². The van der Waals surface area contributed by atoms with Crippen LogP contribution in [0.4, 0.5) is 0 Å². The van der Waals surface area contributed by atoms with E-state index in [1.807, 2.05) is 0 Å². The van der Waals surface area contributed by atoms with E-state index in [0.29, 0.717) is 6.04 Å². The van der Waals surface area contributed by atoms with Gasteiger partial charge >= 0.3 is 0 Å². The second-order valence-electron chi connectivity index (χ2n) is 6.06. The lowest BCUT2D eigenvalue weighted by atomic mass is 9.81. The molecule has 2 nitrogen and oxygen atoms in total. The minimum atomic E-state index is 0.659. The van der Waals surface area contributed by atoms with Crippen LogP contribution in [0, 0.1) is 24.7 Å². The van der Waals surface area contributed by atoms with Crippen LogP contribution in [0.3, 0.4) is 0 Å². The van der Waals surface area contributed by atoms with Gasteiger partial charge in [0.15, 0.2) is 0 Å². The molecule has 1 aromatic rings. The highest BCUT2D eigenvalue weighted by molar-refractivity contribution is 7.09. The Labute approximate surface area is 114 Å². The Morgan fingerprint density at radius 3 is 2.89 bits per heavy atom. The monoisotopic (exact) mass is 264 g/mol. The number of nitrogens with one attached hydrogen (secondary N) is 1. The highest BCUT2D eigenvalue weighted by Crippen LogP contribution is 2.49. The first-order chi connectivity index (χ1) is 8.76. The molecule has 1 aromatic heterocycles. The largest absolute Gasteiger partial charge is 0.314 e. The maximum atomic E-state index is 4.64. The normalized spacial score (nSPS) is 32.0. The third-order valence-corrected chi connectivity index (χ3v) is 5.69. The van der Waals surface area contributed by atoms with E-state index in [1.165, 1.54) is 36.4 Å². The highest BCUT2D eigenvalue weighted by atomic mass is 32.1. The van der Waals surface area contributed by atoms with Gasteiger partial charge in [-0.2, -0.15) is 0 Å². The van der Waals surface area contributed by atoms with Gasteiger partial charge < -0.3 is 5.32 Å². The van der Waals surface area contributed by atoms with E-state index in [9.17, 15) is 0 Å². The van der Waals surface area contributed by atoms with Gasteiger partial charge in [0.2, 0.25) is 0 Å². The summed E-state index contributed by atoms with van der Waals surface area (Å²) in [5.41, 5.74) is 1.30. The number of aromatic nitrogens is 1. The minimum absolute atomic E-state index is 0.659. The van der Waals surface area contributed by atoms with Crippen LogP contribution in [0.1, 0.15) is 43.3 Å². The molecule has 3 rings (SSSR count). The summed E-state index contributed by atoms with van der Waals surface area (Å²) >= 11 is 1.78. The van der Waals surface area contributed by atoms with E-state index < -0.39 is 0 Å². The molecular formula is C15H24N2S. The van der Waals surface area contributed by atoms with Crippen LogP contribution in [0.2, 0.25) is 0 Å². The summed E-state index contributed by atoms with van der Waals surface area (Å²) in [5, 5.41) is 7.18. The first-order valence-corrected chi connectivity index (χ1v) is 8.28. The van der Waals surface area contributed by atoms with Crippen LogP contribution in [0.15, 0.2) is 5.38 Å². The van der Waals surface area contributed by atoms with Gasteiger partial charge in [0.25, 0.3) is 0 Å². The fourth-order valence-electron chi connectivity index (χ4n) is 4.15. The van der Waals surface area contributed by atoms with Crippen LogP contribution in [0.5, 0.6) is 0 Å². The summed E-state index contributed by atoms with van der Waals surface area (Å²) in [4.78, 5) is 4.64. The number of likely N-dealkylation sites (N-methyl/N-ethyl adjacent to an activating group) is 1. The number of thiazole rings is 1. The van der Waals surface area contributed by atoms with Crippen molar-refractivity contribution in [1.29, 1.82) is 0 Å². The zero-order valence-corrected chi connectivity index (χ0v) is 12.3. The molecule has 0 spiro atoms. The molecule has 2 fully saturated rings. The van der Waals surface area contributed by atoms with Gasteiger partial charge in [-0.3, -0.25) is 0 Å². The number of rotatable bonds is 5. The molecule has 3 heteroatoms. The fourth-order valence-corrected chi connectivity index (χ4v) is 4.78. The summed E-state index contributed by atoms with van der Waals surface area (Å²) in [7, 11) is 0. The van der Waals surface area contributed by atoms with Crippen molar-refractivity contribution in [2.24, 2.45) is 17.8 Å². The van der Waals surface area contributed by atoms with Crippen molar-refractivity contribution < 1.29 is 0 Å². The Balaban J connectivity index is 1.68. The summed E-state index contributed by atoms with van der Waals surface area (Å²) in [6, 6.07) is 0.659. The predicted octanol–water partition coefficient (Wildman–Crippen LogP) is 3.41. The van der Waals surface area contributed by atoms with Gasteiger partial charge in [0.05, 0.1) is 10.7 Å². The SMILES string of the molecule is CCNC(Cc1csc(C)n1)C1CC2CCC1C2. The smallest absolute Gasteiger partial charge is 0.0897 e. The van der Waals surface area contributed by atoms with E-state index in [1.54, 1.807) is 11.3 Å². The molecule has 4 atom stereocenters. The molecule has 1 N–H and O–H groups in total. The zero-order chi connectivity index (χ0) is 12.5. The summed E-state index contributed by atoms with van der Waals surface area (Å²) in [5.74, 6) is 2.95. The molecular weight excluding hydrogens is 240 g/mol. The Morgan fingerprint density at radius 1 is 1.44 bits per heavy atom. The highest BCUT2D eigenvalue weighted by Gasteiger charge is 2.42. The third-order valence-electron chi connectivity index (χ3n) is 4.87. The van der Waals surface area contributed by atoms with E-state index in [2.05, 4.69) is 29.5 Å². The first kappa shape index (κ1) is 12.6. The van der Waals surface area contributed by atoms with Crippen molar-refractivity contribution in [3.63, 3.8) is 0 Å². The second kappa shape index (κ2) is 5.30. The van der Waals surface area contributed by atoms with Crippen LogP contribution in [0.25, 0.3) is 0 Å². The van der Waals surface area contributed by atoms with E-state index in [0.717, 1.165) is 30.7 Å². The summed E-state index contributed by atoms with van der Waals surface area (Å²) in [6.45, 7) is 5.42. The van der Waals surface area contributed by atoms with Gasteiger partial charge in [-0.15, -0.1) is 11.3 Å². The number of fused-ring (bicyclic) bond motifs is 2. The zero-order valence-electron chi connectivity index (χ0n) is 11.5. The Morgan fingerprint density at radius 2 is 2.33 bits per heavy atom. The molecule has 0 radical (unpaired) electrons. The summed E-state index contributed by atoms with van der Waals surface area (Å²) in [6.07, 6.45) is 7.07. The fraction of sp³-hybridized carbons (Fsp3) is 0.800. The molecule has 0 aliphatic heterocycles. The van der Waals surface area contributed by atoms with Crippen molar-refractivity contribution in [2.75, 3.05) is 6.54 Å². The Kier molecular flexibility index (Phi) is 3.71. The standard InChI is InChI=1S/C15H24N2S/c1-3-16-15(8-13-9-18-10(2)17-13)14-7-11-4-5-12(14)6-11/h9,11-12,14-16H,3-8H2,1-2H3. The molecule has 2 saturated carbocycles. The lowest BCUT2D eigenvalue weighted by molar-refractivity contribution is 0.248. The number of aryl methyl sites for hydroxylation is 1. The average Bonchev–Trinajstić information content (AvgIpc) is 3.05. The van der Waals surface area contributed by atoms with Gasteiger partial charge in [0.1, 0.15) is 0 Å². The Bertz CT molecular complexity index is 401. The second-order valence-corrected chi connectivity index (χ2v) is 7.13. The molecule has 0 amide bonds. The van der Waals surface area contributed by atoms with Crippen molar-refractivity contribution in [3.8, 4) is 0 Å². The average molecular weight is 264 g/mol. The molecule has 2 aliphatic rings. The van der Waals surface area contributed by atoms with Gasteiger partial charge in [-0.25, -0.2) is 4.98 Å². The lowest BCUT2D eigenvalue weighted by Gasteiger charge is -2.30. The van der Waals surface area contributed by atoms with Gasteiger partial charge in [-0.1, -0.05) is 13.3 Å². The van der Waals surface area contributed by atoms with Crippen LogP contribution in [-0.2, 0) is 6.42 Å². The van der Waals surface area contributed by atoms with E-state index in [-0.39, 0.29) is 0 Å². The summed E-state index contributed by atoms with van der Waals surface area (Å²) < 4.78 is 0. The molecule has 2 bridgehead atoms. The molecule has 18 heavy (non-hydrogen) atoms. The van der Waals surface area contributed by atoms with E-state index >= 15 is 0 Å². The molecule has 100 valence electrons. The van der Waals surface area contributed by atoms with Crippen molar-refractivity contribution in [1.82, 2.24) is 10.3 Å². The third kappa shape index (κ3) is 2.48. The van der Waals surface area contributed by atoms with Crippen LogP contribution >= 0.6 is 11.3 Å². The van der Waals surface area contributed by atoms with Crippen LogP contribution in [-0.4, -0.2) is 17.6 Å². The van der Waals surface area contributed by atoms with Crippen molar-refractivity contribution in [2.45, 2.75) is 52.0 Å². The molecule has 0 saturated heterocycles. The number of hydrogen-bond donors (Lipinski definition) is 1. The minimum Gasteiger partial charge on any atom is -0.314 e. The van der Waals surface area contributed by atoms with Crippen molar-refractivity contribution in [3.05, 3.63) is 16.1 Å². The van der Waals surface area contributed by atoms with E-state index in [4.69, 9.17) is 0 Å². The predicted molar refractivity (Wildman–Crippen MR) is 77.0 cm³/mol. The maximum Gasteiger partial charge on any atom is 0.0897 e. The molecule has 0 aromatic carbocycles. The van der Waals surface area contributed by atoms with Gasteiger partial charge in [0, 0.05) is 17.8 Å². The lowest BCUT2D eigenvalue weighted by Crippen LogP contribution is -2.40. The Hall–Kier alpha value is -0.410. The molecule has 4 unspecified atom stereocenters. The number of nitrogens with zero attached hydrogens (tertiary/aromatic N) is 1. The molecule has 1 heterocycles. The molecule has 2 aliphatic carbocycles.